The largest absolute Gasteiger partial charge is 0.271 e. The summed E-state index contributed by atoms with van der Waals surface area (Å²) in [5.74, 6) is 5.70. The Hall–Kier alpha value is -1.28. The minimum atomic E-state index is 0.0206. The quantitative estimate of drug-likeness (QED) is 0.566. The normalized spacial score (nSPS) is 12.9. The van der Waals surface area contributed by atoms with Crippen LogP contribution in [-0.2, 0) is 6.42 Å². The molecule has 7 heteroatoms. The number of nitrogens with two attached hydrogens (primary N) is 1. The average Bonchev–Trinajstić information content (AvgIpc) is 3.02. The first-order valence-corrected chi connectivity index (χ1v) is 7.36. The Morgan fingerprint density at radius 2 is 2.32 bits per heavy atom. The predicted octanol–water partition coefficient (Wildman–Crippen LogP) is 2.30. The van der Waals surface area contributed by atoms with Crippen LogP contribution in [0.15, 0.2) is 40.7 Å². The van der Waals surface area contributed by atoms with E-state index in [1.54, 1.807) is 28.2 Å². The number of rotatable bonds is 4. The molecule has 3 aromatic rings. The molecule has 1 unspecified atom stereocenters. The Kier molecular flexibility index (Phi) is 3.61. The van der Waals surface area contributed by atoms with Crippen molar-refractivity contribution < 1.29 is 0 Å². The van der Waals surface area contributed by atoms with E-state index in [0.29, 0.717) is 0 Å². The minimum absolute atomic E-state index is 0.0206. The first kappa shape index (κ1) is 12.7. The third-order valence-corrected chi connectivity index (χ3v) is 4.61. The van der Waals surface area contributed by atoms with Crippen molar-refractivity contribution in [2.75, 3.05) is 0 Å². The molecule has 0 saturated carbocycles. The van der Waals surface area contributed by atoms with Gasteiger partial charge in [-0.3, -0.25) is 16.3 Å². The zero-order valence-corrected chi connectivity index (χ0v) is 12.4. The molecule has 3 aromatic heterocycles. The second-order valence-corrected chi connectivity index (χ2v) is 6.68. The first-order chi connectivity index (χ1) is 9.28. The first-order valence-electron chi connectivity index (χ1n) is 5.75. The van der Waals surface area contributed by atoms with Crippen molar-refractivity contribution in [3.8, 4) is 0 Å². The highest BCUT2D eigenvalue weighted by Gasteiger charge is 2.16. The highest BCUT2D eigenvalue weighted by Crippen LogP contribution is 2.28. The van der Waals surface area contributed by atoms with E-state index < -0.39 is 0 Å². The molecular formula is C12H12BrN5S. The summed E-state index contributed by atoms with van der Waals surface area (Å²) >= 11 is 5.19. The molecule has 0 amide bonds. The highest BCUT2D eigenvalue weighted by molar-refractivity contribution is 9.11. The molecular weight excluding hydrogens is 326 g/mol. The van der Waals surface area contributed by atoms with Gasteiger partial charge in [0, 0.05) is 29.3 Å². The van der Waals surface area contributed by atoms with Crippen LogP contribution in [0.3, 0.4) is 0 Å². The standard InChI is InChI=1S/C12H12BrN5S/c13-12-2-1-8(19-12)5-10(17-14)9-6-16-18-4-3-15-7-11(9)18/h1-4,6-7,10,17H,5,14H2. The summed E-state index contributed by atoms with van der Waals surface area (Å²) in [7, 11) is 0. The van der Waals surface area contributed by atoms with Gasteiger partial charge in [-0.15, -0.1) is 11.3 Å². The van der Waals surface area contributed by atoms with E-state index in [1.165, 1.54) is 4.88 Å². The number of nitrogens with zero attached hydrogens (tertiary/aromatic N) is 3. The number of hydrogen-bond acceptors (Lipinski definition) is 5. The fourth-order valence-electron chi connectivity index (χ4n) is 2.04. The van der Waals surface area contributed by atoms with Crippen molar-refractivity contribution in [1.82, 2.24) is 20.0 Å². The smallest absolute Gasteiger partial charge is 0.0893 e. The summed E-state index contributed by atoms with van der Waals surface area (Å²) in [6.45, 7) is 0. The van der Waals surface area contributed by atoms with E-state index in [9.17, 15) is 0 Å². The fourth-order valence-corrected chi connectivity index (χ4v) is 3.57. The number of aromatic nitrogens is 3. The summed E-state index contributed by atoms with van der Waals surface area (Å²) in [6.07, 6.45) is 8.00. The Labute approximate surface area is 122 Å². The summed E-state index contributed by atoms with van der Waals surface area (Å²) < 4.78 is 2.93. The van der Waals surface area contributed by atoms with Gasteiger partial charge in [0.2, 0.25) is 0 Å². The van der Waals surface area contributed by atoms with Crippen LogP contribution in [0.5, 0.6) is 0 Å². The number of halogens is 1. The Morgan fingerprint density at radius 1 is 1.42 bits per heavy atom. The third kappa shape index (κ3) is 2.55. The Balaban J connectivity index is 1.93. The molecule has 0 aliphatic carbocycles. The van der Waals surface area contributed by atoms with E-state index >= 15 is 0 Å². The molecule has 0 radical (unpaired) electrons. The van der Waals surface area contributed by atoms with Gasteiger partial charge < -0.3 is 0 Å². The Morgan fingerprint density at radius 3 is 3.05 bits per heavy atom. The molecule has 0 saturated heterocycles. The van der Waals surface area contributed by atoms with Gasteiger partial charge in [0.15, 0.2) is 0 Å². The predicted molar refractivity (Wildman–Crippen MR) is 78.8 cm³/mol. The lowest BCUT2D eigenvalue weighted by atomic mass is 10.1. The van der Waals surface area contributed by atoms with Crippen molar-refractivity contribution in [2.45, 2.75) is 12.5 Å². The van der Waals surface area contributed by atoms with Crippen LogP contribution >= 0.6 is 27.3 Å². The van der Waals surface area contributed by atoms with Crippen molar-refractivity contribution in [1.29, 1.82) is 0 Å². The Bertz CT molecular complexity index is 692. The van der Waals surface area contributed by atoms with Crippen molar-refractivity contribution in [3.63, 3.8) is 0 Å². The summed E-state index contributed by atoms with van der Waals surface area (Å²) in [5.41, 5.74) is 4.89. The molecule has 0 fully saturated rings. The van der Waals surface area contributed by atoms with Crippen LogP contribution in [0, 0.1) is 0 Å². The van der Waals surface area contributed by atoms with Gasteiger partial charge in [-0.05, 0) is 28.1 Å². The molecule has 0 aliphatic rings. The minimum Gasteiger partial charge on any atom is -0.271 e. The van der Waals surface area contributed by atoms with Crippen LogP contribution in [-0.4, -0.2) is 14.6 Å². The molecule has 0 aliphatic heterocycles. The van der Waals surface area contributed by atoms with Crippen LogP contribution < -0.4 is 11.3 Å². The molecule has 0 bridgehead atoms. The maximum absolute atomic E-state index is 5.70. The van der Waals surface area contributed by atoms with Crippen LogP contribution in [0.25, 0.3) is 5.52 Å². The van der Waals surface area contributed by atoms with Crippen molar-refractivity contribution in [2.24, 2.45) is 5.84 Å². The van der Waals surface area contributed by atoms with Gasteiger partial charge in [0.25, 0.3) is 0 Å². The summed E-state index contributed by atoms with van der Waals surface area (Å²) in [5, 5.41) is 4.31. The number of fused-ring (bicyclic) bond motifs is 1. The second kappa shape index (κ2) is 5.38. The second-order valence-electron chi connectivity index (χ2n) is 4.14. The number of nitrogens with one attached hydrogen (secondary N) is 1. The maximum atomic E-state index is 5.70. The summed E-state index contributed by atoms with van der Waals surface area (Å²) in [6, 6.07) is 4.17. The lowest BCUT2D eigenvalue weighted by Crippen LogP contribution is -2.29. The van der Waals surface area contributed by atoms with Crippen LogP contribution in [0.4, 0.5) is 0 Å². The van der Waals surface area contributed by atoms with E-state index in [-0.39, 0.29) is 6.04 Å². The van der Waals surface area contributed by atoms with Crippen molar-refractivity contribution >= 4 is 32.8 Å². The SMILES string of the molecule is NNC(Cc1ccc(Br)s1)c1cnn2ccncc12. The lowest BCUT2D eigenvalue weighted by molar-refractivity contribution is 0.559. The van der Waals surface area contributed by atoms with Gasteiger partial charge in [0.05, 0.1) is 27.7 Å². The monoisotopic (exact) mass is 337 g/mol. The van der Waals surface area contributed by atoms with Crippen LogP contribution in [0.2, 0.25) is 0 Å². The third-order valence-electron chi connectivity index (χ3n) is 2.97. The van der Waals surface area contributed by atoms with Gasteiger partial charge in [-0.25, -0.2) is 4.52 Å². The average molecular weight is 338 g/mol. The van der Waals surface area contributed by atoms with Gasteiger partial charge in [0.1, 0.15) is 0 Å². The summed E-state index contributed by atoms with van der Waals surface area (Å²) in [4.78, 5) is 5.40. The highest BCUT2D eigenvalue weighted by atomic mass is 79.9. The number of hydrazine groups is 1. The number of thiophene rings is 1. The van der Waals surface area contributed by atoms with Gasteiger partial charge >= 0.3 is 0 Å². The molecule has 98 valence electrons. The molecule has 0 spiro atoms. The topological polar surface area (TPSA) is 68.2 Å². The zero-order valence-electron chi connectivity index (χ0n) is 9.95. The van der Waals surface area contributed by atoms with Gasteiger partial charge in [-0.2, -0.15) is 5.10 Å². The van der Waals surface area contributed by atoms with Crippen molar-refractivity contribution in [3.05, 3.63) is 51.1 Å². The van der Waals surface area contributed by atoms with E-state index in [2.05, 4.69) is 37.5 Å². The van der Waals surface area contributed by atoms with Gasteiger partial charge in [-0.1, -0.05) is 0 Å². The molecule has 3 heterocycles. The molecule has 3 rings (SSSR count). The maximum Gasteiger partial charge on any atom is 0.0893 e. The van der Waals surface area contributed by atoms with E-state index in [0.717, 1.165) is 21.3 Å². The molecule has 19 heavy (non-hydrogen) atoms. The molecule has 0 aromatic carbocycles. The molecule has 5 nitrogen and oxygen atoms in total. The number of hydrogen-bond donors (Lipinski definition) is 2. The fraction of sp³-hybridized carbons (Fsp3) is 0.167. The van der Waals surface area contributed by atoms with Crippen LogP contribution in [0.1, 0.15) is 16.5 Å². The zero-order chi connectivity index (χ0) is 13.2. The van der Waals surface area contributed by atoms with E-state index in [4.69, 9.17) is 5.84 Å². The lowest BCUT2D eigenvalue weighted by Gasteiger charge is -2.13. The molecule has 3 N–H and O–H groups in total. The molecule has 1 atom stereocenters. The van der Waals surface area contributed by atoms with E-state index in [1.807, 2.05) is 18.5 Å².